The smallest absolute Gasteiger partial charge is 0.244 e. The van der Waals surface area contributed by atoms with Crippen molar-refractivity contribution in [2.75, 3.05) is 13.6 Å². The monoisotopic (exact) mass is 314 g/mol. The Balaban J connectivity index is 2.43. The maximum Gasteiger partial charge on any atom is 0.244 e. The van der Waals surface area contributed by atoms with Crippen molar-refractivity contribution in [3.8, 4) is 0 Å². The molecule has 0 bridgehead atoms. The zero-order chi connectivity index (χ0) is 15.6. The average molecular weight is 314 g/mol. The van der Waals surface area contributed by atoms with Gasteiger partial charge in [-0.15, -0.1) is 0 Å². The van der Waals surface area contributed by atoms with Crippen molar-refractivity contribution in [3.05, 3.63) is 29.6 Å². The van der Waals surface area contributed by atoms with E-state index in [1.807, 2.05) is 0 Å². The summed E-state index contributed by atoms with van der Waals surface area (Å²) in [6, 6.07) is 2.87. The minimum Gasteiger partial charge on any atom is -0.358 e. The normalized spacial score (nSPS) is 20.2. The van der Waals surface area contributed by atoms with Gasteiger partial charge in [-0.2, -0.15) is 4.31 Å². The van der Waals surface area contributed by atoms with E-state index in [2.05, 4.69) is 5.32 Å². The zero-order valence-electron chi connectivity index (χ0n) is 12.1. The SMILES string of the molecule is CNC(=O)C1CCCCN1S(=O)(=O)c1ccc(F)cc1C. The summed E-state index contributed by atoms with van der Waals surface area (Å²) in [4.78, 5) is 12.0. The van der Waals surface area contributed by atoms with Gasteiger partial charge in [0.15, 0.2) is 0 Å². The first-order valence-corrected chi connectivity index (χ1v) is 8.31. The number of aryl methyl sites for hydroxylation is 1. The molecule has 21 heavy (non-hydrogen) atoms. The molecule has 0 spiro atoms. The molecule has 0 saturated carbocycles. The molecular formula is C14H19FN2O3S. The number of hydrogen-bond donors (Lipinski definition) is 1. The second-order valence-electron chi connectivity index (χ2n) is 5.15. The topological polar surface area (TPSA) is 66.5 Å². The van der Waals surface area contributed by atoms with E-state index in [0.717, 1.165) is 12.5 Å². The Morgan fingerprint density at radius 2 is 2.10 bits per heavy atom. The molecule has 1 atom stereocenters. The maximum atomic E-state index is 13.2. The first kappa shape index (κ1) is 15.9. The summed E-state index contributed by atoms with van der Waals surface area (Å²) in [6.45, 7) is 1.85. The number of amides is 1. The van der Waals surface area contributed by atoms with Crippen molar-refractivity contribution in [3.63, 3.8) is 0 Å². The number of hydrogen-bond acceptors (Lipinski definition) is 3. The van der Waals surface area contributed by atoms with E-state index in [-0.39, 0.29) is 10.8 Å². The maximum absolute atomic E-state index is 13.2. The quantitative estimate of drug-likeness (QED) is 0.917. The summed E-state index contributed by atoms with van der Waals surface area (Å²) in [5.41, 5.74) is 0.344. The number of nitrogens with one attached hydrogen (secondary N) is 1. The lowest BCUT2D eigenvalue weighted by Crippen LogP contribution is -2.51. The van der Waals surface area contributed by atoms with Crippen LogP contribution in [0, 0.1) is 12.7 Å². The highest BCUT2D eigenvalue weighted by Gasteiger charge is 2.37. The summed E-state index contributed by atoms with van der Waals surface area (Å²) < 4.78 is 39.9. The van der Waals surface area contributed by atoms with Crippen molar-refractivity contribution in [2.24, 2.45) is 0 Å². The molecule has 1 unspecified atom stereocenters. The molecule has 1 heterocycles. The number of likely N-dealkylation sites (N-methyl/N-ethyl adjacent to an activating group) is 1. The fourth-order valence-corrected chi connectivity index (χ4v) is 4.51. The van der Waals surface area contributed by atoms with Gasteiger partial charge in [0, 0.05) is 13.6 Å². The van der Waals surface area contributed by atoms with Gasteiger partial charge in [0.25, 0.3) is 0 Å². The Kier molecular flexibility index (Phi) is 4.63. The van der Waals surface area contributed by atoms with Crippen LogP contribution in [0.4, 0.5) is 4.39 Å². The van der Waals surface area contributed by atoms with E-state index in [4.69, 9.17) is 0 Å². The van der Waals surface area contributed by atoms with Crippen LogP contribution in [-0.2, 0) is 14.8 Å². The minimum absolute atomic E-state index is 0.0553. The van der Waals surface area contributed by atoms with Gasteiger partial charge in [0.05, 0.1) is 4.90 Å². The van der Waals surface area contributed by atoms with Crippen LogP contribution in [0.1, 0.15) is 24.8 Å². The molecule has 116 valence electrons. The number of piperidine rings is 1. The van der Waals surface area contributed by atoms with Gasteiger partial charge >= 0.3 is 0 Å². The third-order valence-electron chi connectivity index (χ3n) is 3.73. The highest BCUT2D eigenvalue weighted by Crippen LogP contribution is 2.27. The summed E-state index contributed by atoms with van der Waals surface area (Å²) in [5.74, 6) is -0.786. The van der Waals surface area contributed by atoms with E-state index in [9.17, 15) is 17.6 Å². The lowest BCUT2D eigenvalue weighted by molar-refractivity contribution is -0.125. The number of rotatable bonds is 3. The predicted molar refractivity (Wildman–Crippen MR) is 76.7 cm³/mol. The van der Waals surface area contributed by atoms with Gasteiger partial charge in [-0.1, -0.05) is 6.42 Å². The number of benzene rings is 1. The molecule has 0 aromatic heterocycles. The molecule has 2 rings (SSSR count). The second kappa shape index (κ2) is 6.11. The van der Waals surface area contributed by atoms with E-state index >= 15 is 0 Å². The van der Waals surface area contributed by atoms with Crippen LogP contribution in [-0.4, -0.2) is 38.3 Å². The Labute approximate surface area is 124 Å². The second-order valence-corrected chi connectivity index (χ2v) is 7.01. The largest absolute Gasteiger partial charge is 0.358 e. The molecule has 1 fully saturated rings. The van der Waals surface area contributed by atoms with Crippen molar-refractivity contribution in [1.82, 2.24) is 9.62 Å². The van der Waals surface area contributed by atoms with Crippen LogP contribution >= 0.6 is 0 Å². The van der Waals surface area contributed by atoms with Crippen LogP contribution in [0.3, 0.4) is 0 Å². The molecule has 1 aliphatic heterocycles. The molecule has 0 aliphatic carbocycles. The fraction of sp³-hybridized carbons (Fsp3) is 0.500. The first-order chi connectivity index (χ1) is 9.87. The molecule has 1 N–H and O–H groups in total. The van der Waals surface area contributed by atoms with Crippen LogP contribution in [0.25, 0.3) is 0 Å². The van der Waals surface area contributed by atoms with Crippen LogP contribution in [0.15, 0.2) is 23.1 Å². The van der Waals surface area contributed by atoms with Gasteiger partial charge < -0.3 is 5.32 Å². The Morgan fingerprint density at radius 1 is 1.38 bits per heavy atom. The number of halogens is 1. The van der Waals surface area contributed by atoms with Crippen molar-refractivity contribution in [1.29, 1.82) is 0 Å². The van der Waals surface area contributed by atoms with Gasteiger partial charge in [0.2, 0.25) is 15.9 Å². The van der Waals surface area contributed by atoms with Crippen LogP contribution < -0.4 is 5.32 Å². The van der Waals surface area contributed by atoms with Crippen molar-refractivity contribution < 1.29 is 17.6 Å². The minimum atomic E-state index is -3.81. The fourth-order valence-electron chi connectivity index (χ4n) is 2.65. The van der Waals surface area contributed by atoms with E-state index < -0.39 is 21.9 Å². The molecular weight excluding hydrogens is 295 g/mol. The highest BCUT2D eigenvalue weighted by molar-refractivity contribution is 7.89. The molecule has 1 aromatic carbocycles. The van der Waals surface area contributed by atoms with Gasteiger partial charge in [-0.05, 0) is 43.5 Å². The summed E-state index contributed by atoms with van der Waals surface area (Å²) in [7, 11) is -2.32. The number of carbonyl (C=O) groups is 1. The standard InChI is InChI=1S/C14H19FN2O3S/c1-10-9-11(15)6-7-13(10)21(19,20)17-8-4-3-5-12(17)14(18)16-2/h6-7,9,12H,3-5,8H2,1-2H3,(H,16,18). The summed E-state index contributed by atoms with van der Waals surface area (Å²) in [5, 5.41) is 2.51. The molecule has 1 aromatic rings. The lowest BCUT2D eigenvalue weighted by Gasteiger charge is -2.33. The molecule has 1 aliphatic rings. The molecule has 5 nitrogen and oxygen atoms in total. The third-order valence-corrected chi connectivity index (χ3v) is 5.79. The Hall–Kier alpha value is -1.47. The molecule has 1 amide bonds. The Bertz CT molecular complexity index is 646. The number of nitrogens with zero attached hydrogens (tertiary/aromatic N) is 1. The average Bonchev–Trinajstić information content (AvgIpc) is 2.46. The van der Waals surface area contributed by atoms with Crippen molar-refractivity contribution >= 4 is 15.9 Å². The van der Waals surface area contributed by atoms with E-state index in [1.165, 1.54) is 23.5 Å². The number of sulfonamides is 1. The highest BCUT2D eigenvalue weighted by atomic mass is 32.2. The van der Waals surface area contributed by atoms with Gasteiger partial charge in [-0.3, -0.25) is 4.79 Å². The summed E-state index contributed by atoms with van der Waals surface area (Å²) >= 11 is 0. The Morgan fingerprint density at radius 3 is 2.71 bits per heavy atom. The third kappa shape index (κ3) is 3.08. The van der Waals surface area contributed by atoms with Crippen molar-refractivity contribution in [2.45, 2.75) is 37.1 Å². The summed E-state index contributed by atoms with van der Waals surface area (Å²) in [6.07, 6.45) is 2.03. The van der Waals surface area contributed by atoms with E-state index in [0.29, 0.717) is 24.9 Å². The molecule has 7 heteroatoms. The van der Waals surface area contributed by atoms with E-state index in [1.54, 1.807) is 6.92 Å². The first-order valence-electron chi connectivity index (χ1n) is 6.87. The lowest BCUT2D eigenvalue weighted by atomic mass is 10.0. The molecule has 1 saturated heterocycles. The molecule has 0 radical (unpaired) electrons. The zero-order valence-corrected chi connectivity index (χ0v) is 12.9. The number of carbonyl (C=O) groups excluding carboxylic acids is 1. The van der Waals surface area contributed by atoms with Crippen LogP contribution in [0.5, 0.6) is 0 Å². The van der Waals surface area contributed by atoms with Crippen LogP contribution in [0.2, 0.25) is 0 Å². The van der Waals surface area contributed by atoms with Gasteiger partial charge in [-0.25, -0.2) is 12.8 Å². The predicted octanol–water partition coefficient (Wildman–Crippen LogP) is 1.42. The van der Waals surface area contributed by atoms with Gasteiger partial charge in [0.1, 0.15) is 11.9 Å².